The quantitative estimate of drug-likeness (QED) is 0.913. The molecule has 0 atom stereocenters. The summed E-state index contributed by atoms with van der Waals surface area (Å²) in [7, 11) is 0. The molecule has 0 aromatic heterocycles. The molecule has 0 fully saturated rings. The highest BCUT2D eigenvalue weighted by Gasteiger charge is 2.17. The smallest absolute Gasteiger partial charge is 0.342 e. The summed E-state index contributed by atoms with van der Waals surface area (Å²) in [5.41, 5.74) is -0.331. The Morgan fingerprint density at radius 2 is 1.95 bits per heavy atom. The van der Waals surface area contributed by atoms with E-state index >= 15 is 0 Å². The van der Waals surface area contributed by atoms with Crippen LogP contribution in [0, 0.1) is 11.6 Å². The van der Waals surface area contributed by atoms with Gasteiger partial charge in [0.15, 0.2) is 0 Å². The van der Waals surface area contributed by atoms with Gasteiger partial charge in [0.2, 0.25) is 0 Å². The minimum atomic E-state index is -1.44. The van der Waals surface area contributed by atoms with E-state index in [1.807, 2.05) is 0 Å². The van der Waals surface area contributed by atoms with Gasteiger partial charge in [-0.05, 0) is 30.3 Å². The highest BCUT2D eigenvalue weighted by atomic mass is 79.9. The maximum Gasteiger partial charge on any atom is 0.342 e. The SMILES string of the molecule is O=C(O)c1c(F)cccc1OCc1cc(Br)ccc1F. The van der Waals surface area contributed by atoms with Gasteiger partial charge in [-0.2, -0.15) is 0 Å². The summed E-state index contributed by atoms with van der Waals surface area (Å²) < 4.78 is 32.8. The third-order valence-electron chi connectivity index (χ3n) is 2.58. The largest absolute Gasteiger partial charge is 0.488 e. The fraction of sp³-hybridized carbons (Fsp3) is 0.0714. The fourth-order valence-electron chi connectivity index (χ4n) is 1.64. The first-order valence-electron chi connectivity index (χ1n) is 5.57. The van der Waals surface area contributed by atoms with E-state index in [2.05, 4.69) is 15.9 Å². The van der Waals surface area contributed by atoms with Crippen LogP contribution in [0.15, 0.2) is 40.9 Å². The lowest BCUT2D eigenvalue weighted by Crippen LogP contribution is -2.06. The number of carboxylic acids is 1. The van der Waals surface area contributed by atoms with Gasteiger partial charge >= 0.3 is 5.97 Å². The molecule has 0 aliphatic heterocycles. The second-order valence-electron chi connectivity index (χ2n) is 3.94. The zero-order valence-corrected chi connectivity index (χ0v) is 11.7. The van der Waals surface area contributed by atoms with Crippen molar-refractivity contribution in [3.8, 4) is 5.75 Å². The topological polar surface area (TPSA) is 46.5 Å². The number of aromatic carboxylic acids is 1. The average molecular weight is 343 g/mol. The van der Waals surface area contributed by atoms with Crippen molar-refractivity contribution in [2.75, 3.05) is 0 Å². The molecule has 6 heteroatoms. The lowest BCUT2D eigenvalue weighted by Gasteiger charge is -2.10. The minimum Gasteiger partial charge on any atom is -0.488 e. The molecule has 2 aromatic carbocycles. The first kappa shape index (κ1) is 14.5. The molecule has 0 aliphatic rings. The van der Waals surface area contributed by atoms with Crippen LogP contribution in [0.1, 0.15) is 15.9 Å². The second-order valence-corrected chi connectivity index (χ2v) is 4.86. The second kappa shape index (κ2) is 6.00. The van der Waals surface area contributed by atoms with Gasteiger partial charge in [0.05, 0.1) is 0 Å². The molecule has 0 bridgehead atoms. The van der Waals surface area contributed by atoms with E-state index < -0.39 is 23.2 Å². The number of ether oxygens (including phenoxy) is 1. The lowest BCUT2D eigenvalue weighted by atomic mass is 10.2. The predicted molar refractivity (Wildman–Crippen MR) is 71.8 cm³/mol. The lowest BCUT2D eigenvalue weighted by molar-refractivity contribution is 0.0686. The Hall–Kier alpha value is -1.95. The summed E-state index contributed by atoms with van der Waals surface area (Å²) >= 11 is 3.20. The third-order valence-corrected chi connectivity index (χ3v) is 3.07. The molecule has 104 valence electrons. The number of hydrogen-bond acceptors (Lipinski definition) is 2. The maximum absolute atomic E-state index is 13.5. The fourth-order valence-corrected chi connectivity index (χ4v) is 2.05. The standard InChI is InChI=1S/C14H9BrF2O3/c15-9-4-5-10(16)8(6-9)7-20-12-3-1-2-11(17)13(12)14(18)19/h1-6H,7H2,(H,18,19). The molecule has 2 rings (SSSR count). The Balaban J connectivity index is 2.25. The Labute approximate surface area is 121 Å². The van der Waals surface area contributed by atoms with E-state index in [-0.39, 0.29) is 17.9 Å². The molecule has 0 aliphatic carbocycles. The molecular formula is C14H9BrF2O3. The van der Waals surface area contributed by atoms with E-state index in [4.69, 9.17) is 9.84 Å². The van der Waals surface area contributed by atoms with Gasteiger partial charge in [-0.3, -0.25) is 0 Å². The number of carboxylic acid groups (broad SMARTS) is 1. The van der Waals surface area contributed by atoms with Gasteiger partial charge in [-0.25, -0.2) is 13.6 Å². The van der Waals surface area contributed by atoms with Crippen LogP contribution >= 0.6 is 15.9 Å². The van der Waals surface area contributed by atoms with Crippen molar-refractivity contribution in [2.24, 2.45) is 0 Å². The first-order chi connectivity index (χ1) is 9.49. The van der Waals surface area contributed by atoms with Crippen molar-refractivity contribution >= 4 is 21.9 Å². The Kier molecular flexibility index (Phi) is 4.34. The molecule has 0 saturated carbocycles. The monoisotopic (exact) mass is 342 g/mol. The zero-order chi connectivity index (χ0) is 14.7. The Bertz CT molecular complexity index is 659. The highest BCUT2D eigenvalue weighted by Crippen LogP contribution is 2.24. The van der Waals surface area contributed by atoms with E-state index in [0.717, 1.165) is 6.07 Å². The molecule has 3 nitrogen and oxygen atoms in total. The highest BCUT2D eigenvalue weighted by molar-refractivity contribution is 9.10. The van der Waals surface area contributed by atoms with Gasteiger partial charge in [-0.15, -0.1) is 0 Å². The molecule has 0 radical (unpaired) electrons. The molecule has 0 heterocycles. The molecule has 0 saturated heterocycles. The summed E-state index contributed by atoms with van der Waals surface area (Å²) in [5, 5.41) is 8.94. The van der Waals surface area contributed by atoms with Gasteiger partial charge in [-0.1, -0.05) is 22.0 Å². The summed E-state index contributed by atoms with van der Waals surface area (Å²) in [5.74, 6) is -2.96. The zero-order valence-electron chi connectivity index (χ0n) is 10.1. The summed E-state index contributed by atoms with van der Waals surface area (Å²) in [6.07, 6.45) is 0. The molecule has 1 N–H and O–H groups in total. The van der Waals surface area contributed by atoms with E-state index in [1.165, 1.54) is 30.3 Å². The molecule has 2 aromatic rings. The maximum atomic E-state index is 13.5. The molecule has 0 unspecified atom stereocenters. The average Bonchev–Trinajstić information content (AvgIpc) is 2.39. The van der Waals surface area contributed by atoms with E-state index in [9.17, 15) is 13.6 Å². The van der Waals surface area contributed by atoms with Crippen LogP contribution in [0.3, 0.4) is 0 Å². The van der Waals surface area contributed by atoms with Crippen molar-refractivity contribution in [2.45, 2.75) is 6.61 Å². The van der Waals surface area contributed by atoms with Crippen molar-refractivity contribution in [1.29, 1.82) is 0 Å². The Morgan fingerprint density at radius 3 is 2.65 bits per heavy atom. The van der Waals surface area contributed by atoms with Gasteiger partial charge in [0, 0.05) is 10.0 Å². The van der Waals surface area contributed by atoms with Crippen LogP contribution in [0.2, 0.25) is 0 Å². The number of hydrogen-bond donors (Lipinski definition) is 1. The number of benzene rings is 2. The van der Waals surface area contributed by atoms with Crippen molar-refractivity contribution in [1.82, 2.24) is 0 Å². The van der Waals surface area contributed by atoms with Crippen LogP contribution in [-0.4, -0.2) is 11.1 Å². The predicted octanol–water partition coefficient (Wildman–Crippen LogP) is 4.00. The van der Waals surface area contributed by atoms with E-state index in [0.29, 0.717) is 4.47 Å². The molecule has 20 heavy (non-hydrogen) atoms. The normalized spacial score (nSPS) is 10.3. The Morgan fingerprint density at radius 1 is 1.20 bits per heavy atom. The number of carbonyl (C=O) groups is 1. The van der Waals surface area contributed by atoms with Gasteiger partial charge in [0.25, 0.3) is 0 Å². The van der Waals surface area contributed by atoms with Crippen LogP contribution < -0.4 is 4.74 Å². The third kappa shape index (κ3) is 3.14. The van der Waals surface area contributed by atoms with Crippen LogP contribution in [0.5, 0.6) is 5.75 Å². The van der Waals surface area contributed by atoms with Crippen molar-refractivity contribution in [3.63, 3.8) is 0 Å². The van der Waals surface area contributed by atoms with Crippen LogP contribution in [-0.2, 0) is 6.61 Å². The van der Waals surface area contributed by atoms with E-state index in [1.54, 1.807) is 0 Å². The van der Waals surface area contributed by atoms with Crippen LogP contribution in [0.25, 0.3) is 0 Å². The van der Waals surface area contributed by atoms with Crippen molar-refractivity contribution in [3.05, 3.63) is 63.6 Å². The van der Waals surface area contributed by atoms with Gasteiger partial charge < -0.3 is 9.84 Å². The van der Waals surface area contributed by atoms with Gasteiger partial charge in [0.1, 0.15) is 29.6 Å². The van der Waals surface area contributed by atoms with Crippen molar-refractivity contribution < 1.29 is 23.4 Å². The molecule has 0 spiro atoms. The van der Waals surface area contributed by atoms with Crippen LogP contribution in [0.4, 0.5) is 8.78 Å². The summed E-state index contributed by atoms with van der Waals surface area (Å²) in [6, 6.07) is 7.97. The summed E-state index contributed by atoms with van der Waals surface area (Å²) in [4.78, 5) is 11.0. The molecule has 0 amide bonds. The minimum absolute atomic E-state index is 0.142. The summed E-state index contributed by atoms with van der Waals surface area (Å²) in [6.45, 7) is -0.199. The molecular weight excluding hydrogens is 334 g/mol. The number of halogens is 3. The number of rotatable bonds is 4. The first-order valence-corrected chi connectivity index (χ1v) is 6.37.